The van der Waals surface area contributed by atoms with E-state index in [1.54, 1.807) is 12.1 Å². The van der Waals surface area contributed by atoms with Gasteiger partial charge in [0.2, 0.25) is 0 Å². The molecule has 0 spiro atoms. The van der Waals surface area contributed by atoms with Crippen LogP contribution in [0.15, 0.2) is 36.4 Å². The predicted octanol–water partition coefficient (Wildman–Crippen LogP) is 4.16. The van der Waals surface area contributed by atoms with Crippen LogP contribution in [-0.4, -0.2) is 6.54 Å². The maximum absolute atomic E-state index is 13.4. The van der Waals surface area contributed by atoms with Gasteiger partial charge in [0.25, 0.3) is 0 Å². The molecule has 1 nitrogen and oxygen atoms in total. The Morgan fingerprint density at radius 1 is 1.06 bits per heavy atom. The highest BCUT2D eigenvalue weighted by Crippen LogP contribution is 2.29. The molecule has 0 saturated heterocycles. The van der Waals surface area contributed by atoms with Gasteiger partial charge in [-0.3, -0.25) is 0 Å². The molecular weight excluding hydrogens is 225 g/mol. The summed E-state index contributed by atoms with van der Waals surface area (Å²) in [5, 5.41) is 3.39. The minimum Gasteiger partial charge on any atom is -0.385 e. The Morgan fingerprint density at radius 2 is 1.94 bits per heavy atom. The van der Waals surface area contributed by atoms with Gasteiger partial charge in [0.05, 0.1) is 0 Å². The van der Waals surface area contributed by atoms with Crippen molar-refractivity contribution in [2.75, 3.05) is 11.9 Å². The van der Waals surface area contributed by atoms with Crippen LogP contribution < -0.4 is 5.32 Å². The van der Waals surface area contributed by atoms with Crippen LogP contribution in [0.25, 0.3) is 11.1 Å². The van der Waals surface area contributed by atoms with E-state index in [4.69, 9.17) is 0 Å². The van der Waals surface area contributed by atoms with E-state index < -0.39 is 0 Å². The molecule has 0 bridgehead atoms. The second-order valence-corrected chi connectivity index (χ2v) is 4.92. The van der Waals surface area contributed by atoms with E-state index in [0.717, 1.165) is 29.7 Å². The van der Waals surface area contributed by atoms with Crippen molar-refractivity contribution in [2.45, 2.75) is 19.8 Å². The molecule has 1 aliphatic rings. The molecule has 0 fully saturated rings. The number of aryl methyl sites for hydroxylation is 2. The topological polar surface area (TPSA) is 12.0 Å². The van der Waals surface area contributed by atoms with Gasteiger partial charge in [-0.15, -0.1) is 0 Å². The molecular formula is C16H16FN. The van der Waals surface area contributed by atoms with Crippen LogP contribution >= 0.6 is 0 Å². The van der Waals surface area contributed by atoms with Crippen LogP contribution in [0.2, 0.25) is 0 Å². The average molecular weight is 241 g/mol. The van der Waals surface area contributed by atoms with Gasteiger partial charge in [0.1, 0.15) is 5.82 Å². The van der Waals surface area contributed by atoms with Crippen LogP contribution in [0.1, 0.15) is 17.5 Å². The molecule has 3 rings (SSSR count). The highest BCUT2D eigenvalue weighted by atomic mass is 19.1. The van der Waals surface area contributed by atoms with Crippen molar-refractivity contribution < 1.29 is 4.39 Å². The summed E-state index contributed by atoms with van der Waals surface area (Å²) in [4.78, 5) is 0. The number of benzene rings is 2. The van der Waals surface area contributed by atoms with E-state index in [1.165, 1.54) is 17.7 Å². The summed E-state index contributed by atoms with van der Waals surface area (Å²) < 4.78 is 13.4. The molecule has 2 heteroatoms. The Kier molecular flexibility index (Phi) is 2.78. The molecule has 92 valence electrons. The molecule has 2 aromatic rings. The third kappa shape index (κ3) is 2.10. The zero-order chi connectivity index (χ0) is 12.5. The van der Waals surface area contributed by atoms with Crippen LogP contribution in [0.5, 0.6) is 0 Å². The molecule has 0 unspecified atom stereocenters. The molecule has 0 radical (unpaired) electrons. The Morgan fingerprint density at radius 3 is 2.78 bits per heavy atom. The fourth-order valence-electron chi connectivity index (χ4n) is 2.56. The number of anilines is 1. The Bertz CT molecular complexity index is 569. The fraction of sp³-hybridized carbons (Fsp3) is 0.250. The summed E-state index contributed by atoms with van der Waals surface area (Å²) in [7, 11) is 0. The summed E-state index contributed by atoms with van der Waals surface area (Å²) in [5.41, 5.74) is 5.57. The number of hydrogen-bond acceptors (Lipinski definition) is 1. The maximum atomic E-state index is 13.4. The Balaban J connectivity index is 2.06. The zero-order valence-corrected chi connectivity index (χ0v) is 10.5. The summed E-state index contributed by atoms with van der Waals surface area (Å²) in [6.45, 7) is 2.97. The largest absolute Gasteiger partial charge is 0.385 e. The molecule has 18 heavy (non-hydrogen) atoms. The lowest BCUT2D eigenvalue weighted by atomic mass is 9.96. The Labute approximate surface area is 107 Å². The number of fused-ring (bicyclic) bond motifs is 1. The molecule has 0 saturated carbocycles. The van der Waals surface area contributed by atoms with Gasteiger partial charge in [-0.1, -0.05) is 12.1 Å². The number of nitrogens with one attached hydrogen (secondary N) is 1. The van der Waals surface area contributed by atoms with Gasteiger partial charge in [-0.2, -0.15) is 0 Å². The molecule has 1 N–H and O–H groups in total. The SMILES string of the molecule is Cc1cc(F)cc(-c2ccc3c(c2)CCCN3)c1. The maximum Gasteiger partial charge on any atom is 0.124 e. The molecule has 2 aromatic carbocycles. The van der Waals surface area contributed by atoms with Gasteiger partial charge in [-0.25, -0.2) is 4.39 Å². The molecule has 0 aliphatic carbocycles. The van der Waals surface area contributed by atoms with Crippen molar-refractivity contribution in [2.24, 2.45) is 0 Å². The van der Waals surface area contributed by atoms with Crippen molar-refractivity contribution in [3.63, 3.8) is 0 Å². The third-order valence-electron chi connectivity index (χ3n) is 3.42. The standard InChI is InChI=1S/C16H16FN/c1-11-7-14(10-15(17)8-11)12-4-5-16-13(9-12)3-2-6-18-16/h4-5,7-10,18H,2-3,6H2,1H3. The van der Waals surface area contributed by atoms with Gasteiger partial charge >= 0.3 is 0 Å². The van der Waals surface area contributed by atoms with Crippen LogP contribution in [0.3, 0.4) is 0 Å². The van der Waals surface area contributed by atoms with Gasteiger partial charge in [-0.05, 0) is 66.3 Å². The van der Waals surface area contributed by atoms with Crippen molar-refractivity contribution in [3.05, 3.63) is 53.3 Å². The van der Waals surface area contributed by atoms with Crippen molar-refractivity contribution >= 4 is 5.69 Å². The first-order valence-electron chi connectivity index (χ1n) is 6.37. The van der Waals surface area contributed by atoms with Crippen LogP contribution in [0.4, 0.5) is 10.1 Å². The fourth-order valence-corrected chi connectivity index (χ4v) is 2.56. The average Bonchev–Trinajstić information content (AvgIpc) is 2.37. The highest BCUT2D eigenvalue weighted by Gasteiger charge is 2.10. The molecule has 0 atom stereocenters. The lowest BCUT2D eigenvalue weighted by molar-refractivity contribution is 0.627. The van der Waals surface area contributed by atoms with Crippen molar-refractivity contribution in [1.29, 1.82) is 0 Å². The predicted molar refractivity (Wildman–Crippen MR) is 73.4 cm³/mol. The van der Waals surface area contributed by atoms with Crippen LogP contribution in [0, 0.1) is 12.7 Å². The van der Waals surface area contributed by atoms with Gasteiger partial charge in [0.15, 0.2) is 0 Å². The first-order valence-corrected chi connectivity index (χ1v) is 6.37. The smallest absolute Gasteiger partial charge is 0.124 e. The first kappa shape index (κ1) is 11.3. The summed E-state index contributed by atoms with van der Waals surface area (Å²) >= 11 is 0. The third-order valence-corrected chi connectivity index (χ3v) is 3.42. The minimum absolute atomic E-state index is 0.166. The van der Waals surface area contributed by atoms with Crippen molar-refractivity contribution in [1.82, 2.24) is 0 Å². The zero-order valence-electron chi connectivity index (χ0n) is 10.5. The number of rotatable bonds is 1. The second-order valence-electron chi connectivity index (χ2n) is 4.92. The van der Waals surface area contributed by atoms with Gasteiger partial charge < -0.3 is 5.32 Å². The molecule has 0 aromatic heterocycles. The second kappa shape index (κ2) is 4.45. The molecule has 1 aliphatic heterocycles. The van der Waals surface area contributed by atoms with E-state index >= 15 is 0 Å². The summed E-state index contributed by atoms with van der Waals surface area (Å²) in [6.07, 6.45) is 2.27. The summed E-state index contributed by atoms with van der Waals surface area (Å²) in [5.74, 6) is -0.166. The number of halogens is 1. The monoisotopic (exact) mass is 241 g/mol. The Hall–Kier alpha value is -1.83. The highest BCUT2D eigenvalue weighted by molar-refractivity contribution is 5.69. The molecule has 1 heterocycles. The summed E-state index contributed by atoms with van der Waals surface area (Å²) in [6, 6.07) is 11.5. The van der Waals surface area contributed by atoms with Gasteiger partial charge in [0, 0.05) is 12.2 Å². The normalized spacial score (nSPS) is 13.9. The van der Waals surface area contributed by atoms with Crippen molar-refractivity contribution in [3.8, 4) is 11.1 Å². The quantitative estimate of drug-likeness (QED) is 0.790. The van der Waals surface area contributed by atoms with E-state index in [1.807, 2.05) is 13.0 Å². The minimum atomic E-state index is -0.166. The van der Waals surface area contributed by atoms with E-state index in [2.05, 4.69) is 23.5 Å². The van der Waals surface area contributed by atoms with E-state index in [-0.39, 0.29) is 5.82 Å². The first-order chi connectivity index (χ1) is 8.72. The lowest BCUT2D eigenvalue weighted by Crippen LogP contribution is -2.11. The van der Waals surface area contributed by atoms with Crippen LogP contribution in [-0.2, 0) is 6.42 Å². The van der Waals surface area contributed by atoms with E-state index in [9.17, 15) is 4.39 Å². The molecule has 0 amide bonds. The van der Waals surface area contributed by atoms with E-state index in [0.29, 0.717) is 0 Å². The lowest BCUT2D eigenvalue weighted by Gasteiger charge is -2.18. The number of hydrogen-bond donors (Lipinski definition) is 1.